The van der Waals surface area contributed by atoms with E-state index in [2.05, 4.69) is 0 Å². The van der Waals surface area contributed by atoms with E-state index >= 15 is 0 Å². The Morgan fingerprint density at radius 3 is 1.16 bits per heavy atom. The van der Waals surface area contributed by atoms with Gasteiger partial charge in [-0.15, -0.1) is 0 Å². The zero-order valence-corrected chi connectivity index (χ0v) is 26.2. The van der Waals surface area contributed by atoms with Crippen LogP contribution in [0.1, 0.15) is 52.7 Å². The molecule has 0 spiro atoms. The minimum atomic E-state index is -0.725. The molecule has 0 heterocycles. The normalized spacial score (nSPS) is 13.4. The number of hydrogen-bond donors (Lipinski definition) is 0. The fourth-order valence-corrected chi connectivity index (χ4v) is 4.34. The Labute approximate surface area is 258 Å². The molecule has 2 aromatic rings. The zero-order chi connectivity index (χ0) is 32.6. The van der Waals surface area contributed by atoms with Crippen molar-refractivity contribution in [1.29, 1.82) is 0 Å². The molecule has 0 aliphatic heterocycles. The predicted molar refractivity (Wildman–Crippen MR) is 159 cm³/mol. The van der Waals surface area contributed by atoms with Crippen LogP contribution in [0, 0.1) is 11.8 Å². The highest BCUT2D eigenvalue weighted by Gasteiger charge is 2.21. The van der Waals surface area contributed by atoms with Crippen molar-refractivity contribution >= 4 is 29.7 Å². The molecule has 4 unspecified atom stereocenters. The number of esters is 4. The van der Waals surface area contributed by atoms with Crippen molar-refractivity contribution < 1.29 is 52.4 Å². The summed E-state index contributed by atoms with van der Waals surface area (Å²) in [7, 11) is 0. The monoisotopic (exact) mass is 614 g/mol. The second kappa shape index (κ2) is 18.3. The van der Waals surface area contributed by atoms with Crippen LogP contribution in [0.3, 0.4) is 0 Å². The summed E-state index contributed by atoms with van der Waals surface area (Å²) in [5, 5.41) is 0. The topological polar surface area (TPSA) is 141 Å². The molecule has 0 bridgehead atoms. The summed E-state index contributed by atoms with van der Waals surface area (Å²) in [6.07, 6.45) is -0.319. The Bertz CT molecular complexity index is 1140. The SMILES string of the molecule is CC(=O)OCC(COc1ccc(CC(C)C(=O)C(C)Cc2ccc(OCC(COC(C)=O)OC(C)=O)cc2)cc1)OC(C)=O. The molecule has 0 aliphatic rings. The highest BCUT2D eigenvalue weighted by atomic mass is 16.6. The highest BCUT2D eigenvalue weighted by Crippen LogP contribution is 2.21. The molecule has 0 aromatic heterocycles. The molecule has 11 heteroatoms. The second-order valence-electron chi connectivity index (χ2n) is 10.6. The molecule has 0 fully saturated rings. The lowest BCUT2D eigenvalue weighted by Gasteiger charge is -2.19. The van der Waals surface area contributed by atoms with Crippen LogP contribution >= 0.6 is 0 Å². The number of ketones is 1. The minimum absolute atomic E-state index is 0.0244. The molecule has 4 atom stereocenters. The number of ether oxygens (including phenoxy) is 6. The van der Waals surface area contributed by atoms with Crippen LogP contribution in [0.4, 0.5) is 0 Å². The Kier molecular flexibility index (Phi) is 14.9. The van der Waals surface area contributed by atoms with Gasteiger partial charge in [-0.3, -0.25) is 24.0 Å². The molecule has 240 valence electrons. The van der Waals surface area contributed by atoms with E-state index in [1.807, 2.05) is 38.1 Å². The van der Waals surface area contributed by atoms with E-state index in [1.165, 1.54) is 27.7 Å². The Hall–Kier alpha value is -4.41. The molecule has 0 N–H and O–H groups in total. The van der Waals surface area contributed by atoms with E-state index in [9.17, 15) is 24.0 Å². The number of Topliss-reactive ketones (excluding diaryl/α,β-unsaturated/α-hetero) is 1. The van der Waals surface area contributed by atoms with Gasteiger partial charge in [0.05, 0.1) is 0 Å². The van der Waals surface area contributed by atoms with Crippen LogP contribution < -0.4 is 9.47 Å². The summed E-state index contributed by atoms with van der Waals surface area (Å²) in [5.74, 6) is -1.10. The molecule has 44 heavy (non-hydrogen) atoms. The van der Waals surface area contributed by atoms with Gasteiger partial charge in [-0.1, -0.05) is 38.1 Å². The van der Waals surface area contributed by atoms with Gasteiger partial charge >= 0.3 is 23.9 Å². The van der Waals surface area contributed by atoms with Gasteiger partial charge in [0.1, 0.15) is 43.7 Å². The predicted octanol–water partition coefficient (Wildman–Crippen LogP) is 4.06. The first kappa shape index (κ1) is 35.8. The summed E-state index contributed by atoms with van der Waals surface area (Å²) in [4.78, 5) is 57.9. The molecule has 2 aromatic carbocycles. The van der Waals surface area contributed by atoms with Crippen molar-refractivity contribution in [2.24, 2.45) is 11.8 Å². The number of rotatable bonds is 18. The maximum absolute atomic E-state index is 13.1. The molecule has 0 saturated heterocycles. The van der Waals surface area contributed by atoms with Crippen LogP contribution in [-0.2, 0) is 55.8 Å². The average Bonchev–Trinajstić information content (AvgIpc) is 2.96. The van der Waals surface area contributed by atoms with Crippen LogP contribution in [0.25, 0.3) is 0 Å². The molecule has 11 nitrogen and oxygen atoms in total. The Morgan fingerprint density at radius 2 is 0.864 bits per heavy atom. The van der Waals surface area contributed by atoms with Gasteiger partial charge in [0.25, 0.3) is 0 Å². The van der Waals surface area contributed by atoms with Gasteiger partial charge in [0.2, 0.25) is 0 Å². The Balaban J connectivity index is 1.84. The van der Waals surface area contributed by atoms with Crippen LogP contribution in [0.15, 0.2) is 48.5 Å². The molecule has 0 saturated carbocycles. The van der Waals surface area contributed by atoms with E-state index in [0.717, 1.165) is 11.1 Å². The molecule has 2 rings (SSSR count). The van der Waals surface area contributed by atoms with Crippen molar-refractivity contribution in [3.63, 3.8) is 0 Å². The number of hydrogen-bond acceptors (Lipinski definition) is 11. The average molecular weight is 615 g/mol. The quantitative estimate of drug-likeness (QED) is 0.177. The van der Waals surface area contributed by atoms with Crippen molar-refractivity contribution in [2.45, 2.75) is 66.6 Å². The first-order valence-electron chi connectivity index (χ1n) is 14.4. The molecular weight excluding hydrogens is 572 g/mol. The second-order valence-corrected chi connectivity index (χ2v) is 10.6. The number of benzene rings is 2. The van der Waals surface area contributed by atoms with Gasteiger partial charge in [-0.05, 0) is 48.2 Å². The lowest BCUT2D eigenvalue weighted by molar-refractivity contribution is -0.158. The van der Waals surface area contributed by atoms with Crippen LogP contribution in [0.5, 0.6) is 11.5 Å². The summed E-state index contributed by atoms with van der Waals surface area (Å²) < 4.78 is 31.5. The zero-order valence-electron chi connectivity index (χ0n) is 26.2. The molecule has 0 radical (unpaired) electrons. The van der Waals surface area contributed by atoms with Gasteiger partial charge in [-0.25, -0.2) is 0 Å². The van der Waals surface area contributed by atoms with Crippen molar-refractivity contribution in [3.05, 3.63) is 59.7 Å². The van der Waals surface area contributed by atoms with Gasteiger partial charge in [0.15, 0.2) is 12.2 Å². The third-order valence-corrected chi connectivity index (χ3v) is 6.38. The maximum atomic E-state index is 13.1. The largest absolute Gasteiger partial charge is 0.490 e. The first-order valence-corrected chi connectivity index (χ1v) is 14.4. The van der Waals surface area contributed by atoms with Gasteiger partial charge in [0, 0.05) is 39.5 Å². The van der Waals surface area contributed by atoms with Crippen molar-refractivity contribution in [2.75, 3.05) is 26.4 Å². The lowest BCUT2D eigenvalue weighted by atomic mass is 9.87. The van der Waals surface area contributed by atoms with Gasteiger partial charge < -0.3 is 28.4 Å². The molecule has 0 aliphatic carbocycles. The smallest absolute Gasteiger partial charge is 0.303 e. The molecule has 0 amide bonds. The third-order valence-electron chi connectivity index (χ3n) is 6.38. The number of carbonyl (C=O) groups excluding carboxylic acids is 5. The first-order chi connectivity index (χ1) is 20.8. The standard InChI is InChI=1S/C33H42O11/c1-21(15-27-7-11-29(12-8-27)41-19-31(43-25(5)36)17-39-23(3)34)33(38)22(2)16-28-9-13-30(14-10-28)42-20-32(44-26(6)37)18-40-24(4)35/h7-14,21-22,31-32H,15-20H2,1-6H3. The van der Waals surface area contributed by atoms with E-state index in [0.29, 0.717) is 24.3 Å². The van der Waals surface area contributed by atoms with Crippen molar-refractivity contribution in [3.8, 4) is 11.5 Å². The lowest BCUT2D eigenvalue weighted by Crippen LogP contribution is -2.29. The highest BCUT2D eigenvalue weighted by molar-refractivity contribution is 5.83. The van der Waals surface area contributed by atoms with Crippen LogP contribution in [0.2, 0.25) is 0 Å². The maximum Gasteiger partial charge on any atom is 0.303 e. The van der Waals surface area contributed by atoms with E-state index < -0.39 is 36.1 Å². The Morgan fingerprint density at radius 1 is 0.523 bits per heavy atom. The van der Waals surface area contributed by atoms with E-state index in [-0.39, 0.29) is 44.0 Å². The summed E-state index contributed by atoms with van der Waals surface area (Å²) in [6, 6.07) is 14.6. The fourth-order valence-electron chi connectivity index (χ4n) is 4.34. The number of carbonyl (C=O) groups is 5. The molecular formula is C33H42O11. The van der Waals surface area contributed by atoms with Crippen molar-refractivity contribution in [1.82, 2.24) is 0 Å². The third kappa shape index (κ3) is 14.2. The fraction of sp³-hybridized carbons (Fsp3) is 0.485. The summed E-state index contributed by atoms with van der Waals surface area (Å²) in [6.45, 7) is 8.76. The van der Waals surface area contributed by atoms with Crippen LogP contribution in [-0.4, -0.2) is 68.3 Å². The van der Waals surface area contributed by atoms with E-state index in [4.69, 9.17) is 28.4 Å². The minimum Gasteiger partial charge on any atom is -0.490 e. The van der Waals surface area contributed by atoms with Gasteiger partial charge in [-0.2, -0.15) is 0 Å². The summed E-state index contributed by atoms with van der Waals surface area (Å²) in [5.41, 5.74) is 1.95. The van der Waals surface area contributed by atoms with E-state index in [1.54, 1.807) is 24.3 Å². The summed E-state index contributed by atoms with van der Waals surface area (Å²) >= 11 is 0.